The summed E-state index contributed by atoms with van der Waals surface area (Å²) in [5.41, 5.74) is -3.30. The van der Waals surface area contributed by atoms with Gasteiger partial charge in [0.05, 0.1) is 22.5 Å². The third-order valence-electron chi connectivity index (χ3n) is 3.74. The van der Waals surface area contributed by atoms with Gasteiger partial charge in [-0.3, -0.25) is 4.79 Å². The number of carbonyl (C=O) groups excluding carboxylic acids is 1. The molecule has 0 saturated carbocycles. The number of ketones is 1. The number of fused-ring (bicyclic) bond motifs is 1. The van der Waals surface area contributed by atoms with E-state index in [1.54, 1.807) is 24.3 Å². The van der Waals surface area contributed by atoms with Crippen molar-refractivity contribution in [1.29, 1.82) is 0 Å². The fraction of sp³-hybridized carbons (Fsp3) is 0.167. The molecule has 2 aromatic carbocycles. The van der Waals surface area contributed by atoms with E-state index < -0.39 is 41.5 Å². The second-order valence-electron chi connectivity index (χ2n) is 5.72. The first-order valence-corrected chi connectivity index (χ1v) is 8.41. The number of carbonyl (C=O) groups is 1. The van der Waals surface area contributed by atoms with Crippen molar-refractivity contribution in [1.82, 2.24) is 0 Å². The summed E-state index contributed by atoms with van der Waals surface area (Å²) < 4.78 is 78.0. The van der Waals surface area contributed by atoms with Crippen molar-refractivity contribution in [3.63, 3.8) is 0 Å². The molecule has 0 aliphatic heterocycles. The first kappa shape index (κ1) is 19.2. The lowest BCUT2D eigenvalue weighted by atomic mass is 10.1. The Balaban J connectivity index is 1.83. The molecule has 2 nitrogen and oxygen atoms in total. The fourth-order valence-corrected chi connectivity index (χ4v) is 3.45. The monoisotopic (exact) mass is 403 g/mol. The molecule has 0 aliphatic rings. The molecule has 3 rings (SSSR count). The minimum absolute atomic E-state index is 0.0407. The Hall–Kier alpha value is -2.55. The van der Waals surface area contributed by atoms with Crippen molar-refractivity contribution < 1.29 is 31.1 Å². The number of Topliss-reactive ketones (excluding diaryl/α,β-unsaturated/α-hetero) is 1. The molecule has 0 atom stereocenters. The SMILES string of the molecule is O=C(CNc1cc(C(F)(F)F)cc(C(F)(F)F)c1)c1cc2ccccc2s1. The second kappa shape index (κ2) is 6.88. The van der Waals surface area contributed by atoms with Gasteiger partial charge in [-0.25, -0.2) is 0 Å². The summed E-state index contributed by atoms with van der Waals surface area (Å²) in [4.78, 5) is 12.6. The zero-order chi connectivity index (χ0) is 19.8. The van der Waals surface area contributed by atoms with Gasteiger partial charge in [0.1, 0.15) is 0 Å². The van der Waals surface area contributed by atoms with Gasteiger partial charge >= 0.3 is 12.4 Å². The quantitative estimate of drug-likeness (QED) is 0.413. The van der Waals surface area contributed by atoms with Gasteiger partial charge in [0.15, 0.2) is 5.78 Å². The molecule has 1 aromatic heterocycles. The van der Waals surface area contributed by atoms with Gasteiger partial charge in [-0.2, -0.15) is 26.3 Å². The molecule has 27 heavy (non-hydrogen) atoms. The van der Waals surface area contributed by atoms with Gasteiger partial charge < -0.3 is 5.32 Å². The van der Waals surface area contributed by atoms with E-state index in [9.17, 15) is 31.1 Å². The van der Waals surface area contributed by atoms with Crippen molar-refractivity contribution in [2.75, 3.05) is 11.9 Å². The lowest BCUT2D eigenvalue weighted by Crippen LogP contribution is -2.16. The van der Waals surface area contributed by atoms with Crippen molar-refractivity contribution >= 4 is 32.9 Å². The van der Waals surface area contributed by atoms with Crippen molar-refractivity contribution in [2.45, 2.75) is 12.4 Å². The molecule has 1 N–H and O–H groups in total. The summed E-state index contributed by atoms with van der Waals surface area (Å²) in [5, 5.41) is 3.21. The standard InChI is InChI=1S/C18H11F6NOS/c19-17(20,21)11-6-12(18(22,23)24)8-13(7-11)25-9-14(26)16-5-10-3-1-2-4-15(10)27-16/h1-8,25H,9H2. The van der Waals surface area contributed by atoms with E-state index in [2.05, 4.69) is 5.32 Å². The molecule has 0 fully saturated rings. The normalized spacial score (nSPS) is 12.4. The molecule has 142 valence electrons. The van der Waals surface area contributed by atoms with Crippen LogP contribution in [0.15, 0.2) is 48.5 Å². The molecular weight excluding hydrogens is 392 g/mol. The molecule has 0 saturated heterocycles. The van der Waals surface area contributed by atoms with Crippen molar-refractivity contribution in [3.05, 3.63) is 64.5 Å². The van der Waals surface area contributed by atoms with E-state index in [0.29, 0.717) is 17.0 Å². The molecule has 0 amide bonds. The van der Waals surface area contributed by atoms with Gasteiger partial charge in [0.2, 0.25) is 0 Å². The minimum atomic E-state index is -4.94. The van der Waals surface area contributed by atoms with Gasteiger partial charge in [-0.15, -0.1) is 11.3 Å². The predicted molar refractivity (Wildman–Crippen MR) is 91.1 cm³/mol. The third kappa shape index (κ3) is 4.41. The van der Waals surface area contributed by atoms with E-state index in [-0.39, 0.29) is 6.07 Å². The zero-order valence-electron chi connectivity index (χ0n) is 13.4. The van der Waals surface area contributed by atoms with Crippen LogP contribution in [0.4, 0.5) is 32.0 Å². The van der Waals surface area contributed by atoms with Gasteiger partial charge in [-0.1, -0.05) is 18.2 Å². The van der Waals surface area contributed by atoms with Crippen LogP contribution in [-0.2, 0) is 12.4 Å². The fourth-order valence-electron chi connectivity index (χ4n) is 2.45. The topological polar surface area (TPSA) is 29.1 Å². The summed E-state index contributed by atoms with van der Waals surface area (Å²) in [7, 11) is 0. The van der Waals surface area contributed by atoms with Crippen LogP contribution in [0.5, 0.6) is 0 Å². The number of nitrogens with one attached hydrogen (secondary N) is 1. The summed E-state index contributed by atoms with van der Waals surface area (Å²) in [6, 6.07) is 9.98. The number of alkyl halides is 6. The van der Waals surface area contributed by atoms with Crippen LogP contribution in [0.1, 0.15) is 20.8 Å². The van der Waals surface area contributed by atoms with Crippen molar-refractivity contribution in [2.24, 2.45) is 0 Å². The number of hydrogen-bond acceptors (Lipinski definition) is 3. The van der Waals surface area contributed by atoms with Crippen LogP contribution >= 0.6 is 11.3 Å². The Morgan fingerprint density at radius 2 is 1.48 bits per heavy atom. The molecule has 0 spiro atoms. The molecule has 3 aromatic rings. The van der Waals surface area contributed by atoms with Gasteiger partial charge in [-0.05, 0) is 35.7 Å². The Morgan fingerprint density at radius 1 is 0.889 bits per heavy atom. The van der Waals surface area contributed by atoms with Crippen LogP contribution in [-0.4, -0.2) is 12.3 Å². The van der Waals surface area contributed by atoms with E-state index >= 15 is 0 Å². The molecule has 0 radical (unpaired) electrons. The number of rotatable bonds is 4. The van der Waals surface area contributed by atoms with E-state index in [0.717, 1.165) is 10.1 Å². The Kier molecular flexibility index (Phi) is 4.90. The predicted octanol–water partition coefficient (Wildman–Crippen LogP) is 6.23. The highest BCUT2D eigenvalue weighted by atomic mass is 32.1. The van der Waals surface area contributed by atoms with Crippen LogP contribution in [0.3, 0.4) is 0 Å². The average Bonchev–Trinajstić information content (AvgIpc) is 3.02. The van der Waals surface area contributed by atoms with E-state index in [1.807, 2.05) is 6.07 Å². The van der Waals surface area contributed by atoms with Crippen LogP contribution < -0.4 is 5.32 Å². The Bertz CT molecular complexity index is 924. The van der Waals surface area contributed by atoms with E-state index in [1.165, 1.54) is 11.3 Å². The molecule has 9 heteroatoms. The smallest absolute Gasteiger partial charge is 0.378 e. The average molecular weight is 403 g/mol. The zero-order valence-corrected chi connectivity index (χ0v) is 14.2. The summed E-state index contributed by atoms with van der Waals surface area (Å²) in [6.07, 6.45) is -9.87. The Morgan fingerprint density at radius 3 is 2.04 bits per heavy atom. The highest BCUT2D eigenvalue weighted by Gasteiger charge is 2.36. The van der Waals surface area contributed by atoms with Gasteiger partial charge in [0.25, 0.3) is 0 Å². The van der Waals surface area contributed by atoms with E-state index in [4.69, 9.17) is 0 Å². The summed E-state index contributed by atoms with van der Waals surface area (Å²) in [6.45, 7) is -0.425. The molecule has 0 unspecified atom stereocenters. The number of anilines is 1. The maximum Gasteiger partial charge on any atom is 0.416 e. The highest BCUT2D eigenvalue weighted by molar-refractivity contribution is 7.20. The first-order valence-electron chi connectivity index (χ1n) is 7.59. The maximum atomic E-state index is 12.9. The molecule has 0 aliphatic carbocycles. The molecular formula is C18H11F6NOS. The number of thiophene rings is 1. The summed E-state index contributed by atoms with van der Waals surface area (Å²) >= 11 is 1.21. The lowest BCUT2D eigenvalue weighted by molar-refractivity contribution is -0.143. The third-order valence-corrected chi connectivity index (χ3v) is 4.90. The largest absolute Gasteiger partial charge is 0.416 e. The van der Waals surface area contributed by atoms with Crippen LogP contribution in [0, 0.1) is 0 Å². The Labute approximate surface area is 153 Å². The second-order valence-corrected chi connectivity index (χ2v) is 6.80. The number of halogens is 6. The minimum Gasteiger partial charge on any atom is -0.378 e. The molecule has 0 bridgehead atoms. The summed E-state index contributed by atoms with van der Waals surface area (Å²) in [5.74, 6) is -0.429. The van der Waals surface area contributed by atoms with Gasteiger partial charge in [0, 0.05) is 10.4 Å². The number of hydrogen-bond donors (Lipinski definition) is 1. The number of benzene rings is 2. The molecule has 1 heterocycles. The lowest BCUT2D eigenvalue weighted by Gasteiger charge is -2.15. The maximum absolute atomic E-state index is 12.9. The first-order chi connectivity index (χ1) is 12.5. The van der Waals surface area contributed by atoms with Crippen LogP contribution in [0.2, 0.25) is 0 Å². The highest BCUT2D eigenvalue weighted by Crippen LogP contribution is 2.37. The van der Waals surface area contributed by atoms with Crippen molar-refractivity contribution in [3.8, 4) is 0 Å². The van der Waals surface area contributed by atoms with Crippen LogP contribution in [0.25, 0.3) is 10.1 Å².